The van der Waals surface area contributed by atoms with Gasteiger partial charge in [0.25, 0.3) is 10.0 Å². The smallest absolute Gasteiger partial charge is 0.273 e. The van der Waals surface area contributed by atoms with Gasteiger partial charge in [-0.05, 0) is 30.5 Å². The fourth-order valence-electron chi connectivity index (χ4n) is 1.97. The third-order valence-electron chi connectivity index (χ3n) is 3.00. The van der Waals surface area contributed by atoms with E-state index in [1.54, 1.807) is 42.6 Å². The molecule has 1 amide bonds. The number of carbonyl (C=O) groups is 1. The SMILES string of the molecule is CC1S/C(=N/S(=O)(=O)c2cccs2)N(c2ccccc2)C1=O. The molecule has 22 heavy (non-hydrogen) atoms. The largest absolute Gasteiger partial charge is 0.294 e. The normalized spacial score (nSPS) is 20.8. The van der Waals surface area contributed by atoms with Crippen LogP contribution in [0.3, 0.4) is 0 Å². The Kier molecular flexibility index (Phi) is 4.07. The van der Waals surface area contributed by atoms with Gasteiger partial charge >= 0.3 is 0 Å². The number of carbonyl (C=O) groups excluding carboxylic acids is 1. The van der Waals surface area contributed by atoms with E-state index in [1.165, 1.54) is 11.0 Å². The fraction of sp³-hybridized carbons (Fsp3) is 0.143. The van der Waals surface area contributed by atoms with Crippen molar-refractivity contribution < 1.29 is 13.2 Å². The number of nitrogens with zero attached hydrogens (tertiary/aromatic N) is 2. The molecule has 1 fully saturated rings. The first-order valence-electron chi connectivity index (χ1n) is 6.43. The van der Waals surface area contributed by atoms with Crippen molar-refractivity contribution in [2.24, 2.45) is 4.40 Å². The Morgan fingerprint density at radius 3 is 2.50 bits per heavy atom. The minimum Gasteiger partial charge on any atom is -0.273 e. The van der Waals surface area contributed by atoms with Crippen LogP contribution in [0.5, 0.6) is 0 Å². The van der Waals surface area contributed by atoms with Crippen LogP contribution in [-0.2, 0) is 14.8 Å². The Hall–Kier alpha value is -1.64. The zero-order chi connectivity index (χ0) is 15.7. The number of sulfonamides is 1. The lowest BCUT2D eigenvalue weighted by Crippen LogP contribution is -2.31. The van der Waals surface area contributed by atoms with Crippen molar-refractivity contribution in [3.63, 3.8) is 0 Å². The second-order valence-corrected chi connectivity index (χ2v) is 8.64. The molecule has 3 rings (SSSR count). The van der Waals surface area contributed by atoms with Crippen LogP contribution in [0.25, 0.3) is 0 Å². The van der Waals surface area contributed by atoms with Crippen molar-refractivity contribution in [2.75, 3.05) is 4.90 Å². The van der Waals surface area contributed by atoms with Gasteiger partial charge in [-0.1, -0.05) is 36.0 Å². The maximum atomic E-state index is 12.3. The summed E-state index contributed by atoms with van der Waals surface area (Å²) in [6, 6.07) is 12.1. The highest BCUT2D eigenvalue weighted by Crippen LogP contribution is 2.33. The lowest BCUT2D eigenvalue weighted by Gasteiger charge is -2.15. The van der Waals surface area contributed by atoms with Crippen LogP contribution in [0.1, 0.15) is 6.92 Å². The van der Waals surface area contributed by atoms with Gasteiger partial charge in [0.2, 0.25) is 5.91 Å². The van der Waals surface area contributed by atoms with Gasteiger partial charge in [-0.25, -0.2) is 0 Å². The molecule has 114 valence electrons. The molecule has 1 aromatic carbocycles. The van der Waals surface area contributed by atoms with Crippen LogP contribution in [-0.4, -0.2) is 24.7 Å². The number of rotatable bonds is 3. The van der Waals surface area contributed by atoms with E-state index in [-0.39, 0.29) is 20.5 Å². The van der Waals surface area contributed by atoms with E-state index in [9.17, 15) is 13.2 Å². The summed E-state index contributed by atoms with van der Waals surface area (Å²) >= 11 is 2.26. The molecular formula is C14H12N2O3S3. The number of hydrogen-bond donors (Lipinski definition) is 0. The van der Waals surface area contributed by atoms with Gasteiger partial charge in [-0.2, -0.15) is 8.42 Å². The molecule has 1 unspecified atom stereocenters. The van der Waals surface area contributed by atoms with Crippen molar-refractivity contribution in [3.05, 3.63) is 47.8 Å². The number of amidine groups is 1. The third-order valence-corrected chi connectivity index (χ3v) is 6.80. The molecule has 1 atom stereocenters. The summed E-state index contributed by atoms with van der Waals surface area (Å²) < 4.78 is 28.7. The number of benzene rings is 1. The Morgan fingerprint density at radius 2 is 1.86 bits per heavy atom. The van der Waals surface area contributed by atoms with Gasteiger partial charge in [0.15, 0.2) is 5.17 Å². The van der Waals surface area contributed by atoms with E-state index in [1.807, 2.05) is 6.07 Å². The Bertz CT molecular complexity index is 814. The molecule has 1 aliphatic rings. The number of hydrogen-bond acceptors (Lipinski definition) is 5. The second kappa shape index (κ2) is 5.86. The predicted molar refractivity (Wildman–Crippen MR) is 89.9 cm³/mol. The highest BCUT2D eigenvalue weighted by Gasteiger charge is 2.37. The molecule has 0 N–H and O–H groups in total. The van der Waals surface area contributed by atoms with E-state index < -0.39 is 10.0 Å². The van der Waals surface area contributed by atoms with Crippen LogP contribution in [0.15, 0.2) is 56.5 Å². The van der Waals surface area contributed by atoms with E-state index >= 15 is 0 Å². The summed E-state index contributed by atoms with van der Waals surface area (Å²) in [6.07, 6.45) is 0. The van der Waals surface area contributed by atoms with Crippen LogP contribution in [0.4, 0.5) is 5.69 Å². The van der Waals surface area contributed by atoms with Gasteiger partial charge in [0.1, 0.15) is 4.21 Å². The molecule has 0 radical (unpaired) electrons. The quantitative estimate of drug-likeness (QED) is 0.852. The zero-order valence-electron chi connectivity index (χ0n) is 11.5. The van der Waals surface area contributed by atoms with Crippen LogP contribution in [0, 0.1) is 0 Å². The average molecular weight is 352 g/mol. The van der Waals surface area contributed by atoms with E-state index in [2.05, 4.69) is 4.40 Å². The third kappa shape index (κ3) is 2.81. The summed E-state index contributed by atoms with van der Waals surface area (Å²) in [4.78, 5) is 13.7. The number of amides is 1. The standard InChI is InChI=1S/C14H12N2O3S3/c1-10-13(17)16(11-6-3-2-4-7-11)14(21-10)15-22(18,19)12-8-5-9-20-12/h2-10H,1H3/b15-14+. The first-order chi connectivity index (χ1) is 10.5. The van der Waals surface area contributed by atoms with Crippen molar-refractivity contribution in [2.45, 2.75) is 16.4 Å². The zero-order valence-corrected chi connectivity index (χ0v) is 14.0. The highest BCUT2D eigenvalue weighted by atomic mass is 32.2. The van der Waals surface area contributed by atoms with Crippen molar-refractivity contribution in [1.29, 1.82) is 0 Å². The number of thioether (sulfide) groups is 1. The Labute approximate surface area is 136 Å². The fourth-order valence-corrected chi connectivity index (χ4v) is 5.10. The minimum atomic E-state index is -3.80. The molecule has 1 aliphatic heterocycles. The number of thiophene rings is 1. The molecule has 8 heteroatoms. The van der Waals surface area contributed by atoms with Gasteiger partial charge in [-0.3, -0.25) is 9.69 Å². The van der Waals surface area contributed by atoms with Gasteiger partial charge < -0.3 is 0 Å². The molecule has 1 aromatic heterocycles. The molecule has 2 aromatic rings. The lowest BCUT2D eigenvalue weighted by atomic mass is 10.3. The molecule has 0 saturated carbocycles. The molecule has 0 bridgehead atoms. The highest BCUT2D eigenvalue weighted by molar-refractivity contribution is 8.16. The summed E-state index contributed by atoms with van der Waals surface area (Å²) in [5, 5.41) is 1.51. The molecule has 0 aliphatic carbocycles. The minimum absolute atomic E-state index is 0.167. The molecular weight excluding hydrogens is 340 g/mol. The summed E-state index contributed by atoms with van der Waals surface area (Å²) in [5.74, 6) is -0.170. The van der Waals surface area contributed by atoms with Crippen molar-refractivity contribution in [1.82, 2.24) is 0 Å². The monoisotopic (exact) mass is 352 g/mol. The topological polar surface area (TPSA) is 66.8 Å². The molecule has 5 nitrogen and oxygen atoms in total. The lowest BCUT2D eigenvalue weighted by molar-refractivity contribution is -0.116. The van der Waals surface area contributed by atoms with Gasteiger partial charge in [0, 0.05) is 0 Å². The van der Waals surface area contributed by atoms with Crippen LogP contribution < -0.4 is 4.90 Å². The van der Waals surface area contributed by atoms with Crippen LogP contribution >= 0.6 is 23.1 Å². The van der Waals surface area contributed by atoms with E-state index in [0.717, 1.165) is 23.1 Å². The summed E-state index contributed by atoms with van der Waals surface area (Å²) in [5.41, 5.74) is 0.615. The molecule has 0 spiro atoms. The number of anilines is 1. The van der Waals surface area contributed by atoms with Crippen LogP contribution in [0.2, 0.25) is 0 Å². The first kappa shape index (κ1) is 15.3. The average Bonchev–Trinajstić information content (AvgIpc) is 3.10. The van der Waals surface area contributed by atoms with Gasteiger partial charge in [0.05, 0.1) is 10.9 Å². The van der Waals surface area contributed by atoms with Crippen molar-refractivity contribution in [3.8, 4) is 0 Å². The summed E-state index contributed by atoms with van der Waals surface area (Å²) in [6.45, 7) is 1.74. The van der Waals surface area contributed by atoms with Gasteiger partial charge in [-0.15, -0.1) is 15.7 Å². The first-order valence-corrected chi connectivity index (χ1v) is 9.63. The second-order valence-electron chi connectivity index (χ2n) is 4.55. The van der Waals surface area contributed by atoms with E-state index in [4.69, 9.17) is 0 Å². The maximum Gasteiger partial charge on any atom is 0.294 e. The number of para-hydroxylation sites is 1. The molecule has 2 heterocycles. The molecule has 1 saturated heterocycles. The van der Waals surface area contributed by atoms with Crippen molar-refractivity contribution >= 4 is 49.9 Å². The van der Waals surface area contributed by atoms with E-state index in [0.29, 0.717) is 5.69 Å². The Balaban J connectivity index is 2.05. The summed E-state index contributed by atoms with van der Waals surface area (Å²) in [7, 11) is -3.80. The Morgan fingerprint density at radius 1 is 1.14 bits per heavy atom. The maximum absolute atomic E-state index is 12.3. The predicted octanol–water partition coefficient (Wildman–Crippen LogP) is 2.96.